The molecule has 0 saturated heterocycles. The summed E-state index contributed by atoms with van der Waals surface area (Å²) in [6.07, 6.45) is 3.03. The molecule has 0 aliphatic carbocycles. The second-order valence-electron chi connectivity index (χ2n) is 5.24. The van der Waals surface area contributed by atoms with Crippen LogP contribution in [-0.4, -0.2) is 16.7 Å². The molecular weight excluding hydrogens is 252 g/mol. The molecule has 0 saturated carbocycles. The van der Waals surface area contributed by atoms with Gasteiger partial charge in [0.1, 0.15) is 11.6 Å². The third-order valence-corrected chi connectivity index (χ3v) is 3.87. The fourth-order valence-corrected chi connectivity index (χ4v) is 2.78. The van der Waals surface area contributed by atoms with E-state index in [1.807, 2.05) is 28.8 Å². The Kier molecular flexibility index (Phi) is 3.30. The number of methoxy groups -OCH3 is 1. The summed E-state index contributed by atoms with van der Waals surface area (Å²) >= 11 is 0. The molecule has 20 heavy (non-hydrogen) atoms. The number of benzene rings is 1. The van der Waals surface area contributed by atoms with Gasteiger partial charge < -0.3 is 4.74 Å². The highest BCUT2D eigenvalue weighted by atomic mass is 16.5. The zero-order valence-corrected chi connectivity index (χ0v) is 11.8. The number of fused-ring (bicyclic) bond motifs is 1. The SMILES string of the molecule is COc1ccc(-c2cc(=O)n3c(n2)CCC[C@H]3C)cc1. The number of ether oxygens (including phenoxy) is 1. The summed E-state index contributed by atoms with van der Waals surface area (Å²) in [5, 5.41) is 0. The first-order valence-electron chi connectivity index (χ1n) is 6.96. The van der Waals surface area contributed by atoms with Gasteiger partial charge >= 0.3 is 0 Å². The van der Waals surface area contributed by atoms with Crippen LogP contribution in [0.5, 0.6) is 5.75 Å². The number of aromatic nitrogens is 2. The molecule has 1 atom stereocenters. The van der Waals surface area contributed by atoms with Crippen molar-refractivity contribution in [2.45, 2.75) is 32.2 Å². The Hall–Kier alpha value is -2.10. The zero-order valence-electron chi connectivity index (χ0n) is 11.8. The van der Waals surface area contributed by atoms with Crippen molar-refractivity contribution in [2.75, 3.05) is 7.11 Å². The monoisotopic (exact) mass is 270 g/mol. The highest BCUT2D eigenvalue weighted by molar-refractivity contribution is 5.59. The number of hydrogen-bond donors (Lipinski definition) is 0. The maximum Gasteiger partial charge on any atom is 0.254 e. The first-order valence-corrected chi connectivity index (χ1v) is 6.96. The molecular formula is C16H18N2O2. The molecule has 1 aromatic heterocycles. The smallest absolute Gasteiger partial charge is 0.254 e. The van der Waals surface area contributed by atoms with Crippen molar-refractivity contribution in [1.82, 2.24) is 9.55 Å². The van der Waals surface area contributed by atoms with Crippen LogP contribution in [0.4, 0.5) is 0 Å². The Morgan fingerprint density at radius 3 is 2.75 bits per heavy atom. The van der Waals surface area contributed by atoms with Crippen LogP contribution >= 0.6 is 0 Å². The van der Waals surface area contributed by atoms with Crippen molar-refractivity contribution in [3.63, 3.8) is 0 Å². The van der Waals surface area contributed by atoms with Gasteiger partial charge in [0.25, 0.3) is 5.56 Å². The molecule has 0 unspecified atom stereocenters. The number of nitrogens with zero attached hydrogens (tertiary/aromatic N) is 2. The summed E-state index contributed by atoms with van der Waals surface area (Å²) in [5.41, 5.74) is 1.75. The first kappa shape index (κ1) is 12.9. The zero-order chi connectivity index (χ0) is 14.1. The van der Waals surface area contributed by atoms with Crippen molar-refractivity contribution in [3.05, 3.63) is 46.5 Å². The maximum atomic E-state index is 12.3. The molecule has 2 aromatic rings. The molecule has 0 amide bonds. The molecule has 104 valence electrons. The van der Waals surface area contributed by atoms with Crippen LogP contribution in [-0.2, 0) is 6.42 Å². The average molecular weight is 270 g/mol. The molecule has 0 radical (unpaired) electrons. The molecule has 4 nitrogen and oxygen atoms in total. The van der Waals surface area contributed by atoms with Gasteiger partial charge in [-0.25, -0.2) is 4.98 Å². The summed E-state index contributed by atoms with van der Waals surface area (Å²) in [5.74, 6) is 1.71. The molecule has 0 fully saturated rings. The summed E-state index contributed by atoms with van der Waals surface area (Å²) in [6.45, 7) is 2.08. The van der Waals surface area contributed by atoms with Crippen molar-refractivity contribution in [1.29, 1.82) is 0 Å². The molecule has 4 heteroatoms. The van der Waals surface area contributed by atoms with E-state index >= 15 is 0 Å². The Balaban J connectivity index is 2.06. The van der Waals surface area contributed by atoms with Gasteiger partial charge in [-0.2, -0.15) is 0 Å². The van der Waals surface area contributed by atoms with E-state index in [-0.39, 0.29) is 11.6 Å². The van der Waals surface area contributed by atoms with Gasteiger partial charge in [-0.05, 0) is 44.0 Å². The minimum atomic E-state index is 0.0491. The minimum Gasteiger partial charge on any atom is -0.497 e. The fraction of sp³-hybridized carbons (Fsp3) is 0.375. The van der Waals surface area contributed by atoms with Crippen LogP contribution in [0.15, 0.2) is 35.1 Å². The van der Waals surface area contributed by atoms with Crippen LogP contribution in [0.3, 0.4) is 0 Å². The van der Waals surface area contributed by atoms with E-state index in [1.165, 1.54) is 0 Å². The lowest BCUT2D eigenvalue weighted by atomic mass is 10.0. The lowest BCUT2D eigenvalue weighted by Gasteiger charge is -2.24. The second kappa shape index (κ2) is 5.12. The molecule has 1 aromatic carbocycles. The van der Waals surface area contributed by atoms with E-state index in [9.17, 15) is 4.79 Å². The van der Waals surface area contributed by atoms with Crippen LogP contribution in [0.2, 0.25) is 0 Å². The highest BCUT2D eigenvalue weighted by Crippen LogP contribution is 2.24. The predicted octanol–water partition coefficient (Wildman–Crippen LogP) is 2.82. The van der Waals surface area contributed by atoms with Gasteiger partial charge in [-0.3, -0.25) is 9.36 Å². The van der Waals surface area contributed by atoms with Crippen molar-refractivity contribution >= 4 is 0 Å². The third kappa shape index (κ3) is 2.22. The largest absolute Gasteiger partial charge is 0.497 e. The Labute approximate surface area is 118 Å². The summed E-state index contributed by atoms with van der Waals surface area (Å²) in [4.78, 5) is 17.0. The molecule has 2 heterocycles. The van der Waals surface area contributed by atoms with E-state index < -0.39 is 0 Å². The van der Waals surface area contributed by atoms with Gasteiger partial charge in [0.2, 0.25) is 0 Å². The fourth-order valence-electron chi connectivity index (χ4n) is 2.78. The maximum absolute atomic E-state index is 12.3. The molecule has 0 spiro atoms. The van der Waals surface area contributed by atoms with Gasteiger partial charge in [-0.1, -0.05) is 0 Å². The third-order valence-electron chi connectivity index (χ3n) is 3.87. The topological polar surface area (TPSA) is 44.1 Å². The standard InChI is InChI=1S/C16H18N2O2/c1-11-4-3-5-15-17-14(10-16(19)18(11)15)12-6-8-13(20-2)9-7-12/h6-11H,3-5H2,1-2H3/t11-/m1/s1. The summed E-state index contributed by atoms with van der Waals surface area (Å²) in [7, 11) is 1.64. The lowest BCUT2D eigenvalue weighted by molar-refractivity contribution is 0.405. The van der Waals surface area contributed by atoms with Gasteiger partial charge in [0, 0.05) is 24.1 Å². The van der Waals surface area contributed by atoms with E-state index in [4.69, 9.17) is 4.74 Å². The number of aryl methyl sites for hydroxylation is 1. The second-order valence-corrected chi connectivity index (χ2v) is 5.24. The quantitative estimate of drug-likeness (QED) is 0.843. The van der Waals surface area contributed by atoms with E-state index in [0.29, 0.717) is 0 Å². The number of rotatable bonds is 2. The van der Waals surface area contributed by atoms with Crippen LogP contribution in [0, 0.1) is 0 Å². The highest BCUT2D eigenvalue weighted by Gasteiger charge is 2.19. The van der Waals surface area contributed by atoms with Gasteiger partial charge in [0.15, 0.2) is 0 Å². The van der Waals surface area contributed by atoms with Crippen LogP contribution < -0.4 is 10.3 Å². The van der Waals surface area contributed by atoms with Gasteiger partial charge in [-0.15, -0.1) is 0 Å². The van der Waals surface area contributed by atoms with E-state index in [0.717, 1.165) is 42.1 Å². The van der Waals surface area contributed by atoms with Crippen molar-refractivity contribution in [2.24, 2.45) is 0 Å². The van der Waals surface area contributed by atoms with E-state index in [2.05, 4.69) is 11.9 Å². The molecule has 0 N–H and O–H groups in total. The number of hydrogen-bond acceptors (Lipinski definition) is 3. The van der Waals surface area contributed by atoms with E-state index in [1.54, 1.807) is 13.2 Å². The summed E-state index contributed by atoms with van der Waals surface area (Å²) < 4.78 is 6.98. The normalized spacial score (nSPS) is 17.6. The molecule has 0 bridgehead atoms. The minimum absolute atomic E-state index is 0.0491. The molecule has 1 aliphatic heterocycles. The summed E-state index contributed by atoms with van der Waals surface area (Å²) in [6, 6.07) is 9.53. The Morgan fingerprint density at radius 1 is 1.30 bits per heavy atom. The lowest BCUT2D eigenvalue weighted by Crippen LogP contribution is -2.30. The Bertz CT molecular complexity index is 674. The first-order chi connectivity index (χ1) is 9.69. The van der Waals surface area contributed by atoms with Crippen LogP contribution in [0.25, 0.3) is 11.3 Å². The van der Waals surface area contributed by atoms with Gasteiger partial charge in [0.05, 0.1) is 12.8 Å². The predicted molar refractivity (Wildman–Crippen MR) is 78.1 cm³/mol. The van der Waals surface area contributed by atoms with Crippen molar-refractivity contribution in [3.8, 4) is 17.0 Å². The van der Waals surface area contributed by atoms with Crippen LogP contribution in [0.1, 0.15) is 31.6 Å². The molecule has 1 aliphatic rings. The molecule has 3 rings (SSSR count). The average Bonchev–Trinajstić information content (AvgIpc) is 2.47. The van der Waals surface area contributed by atoms with Crippen molar-refractivity contribution < 1.29 is 4.74 Å². The Morgan fingerprint density at radius 2 is 2.05 bits per heavy atom.